The molecule has 0 aromatic heterocycles. The van der Waals surface area contributed by atoms with Crippen LogP contribution in [0, 0.1) is 23.4 Å². The van der Waals surface area contributed by atoms with Gasteiger partial charge in [-0.3, -0.25) is 0 Å². The van der Waals surface area contributed by atoms with Crippen molar-refractivity contribution in [2.24, 2.45) is 5.92 Å². The third-order valence-electron chi connectivity index (χ3n) is 7.44. The summed E-state index contributed by atoms with van der Waals surface area (Å²) in [5, 5.41) is 0. The highest BCUT2D eigenvalue weighted by Gasteiger charge is 2.25. The summed E-state index contributed by atoms with van der Waals surface area (Å²) in [5.74, 6) is -1.31. The quantitative estimate of drug-likeness (QED) is 0.196. The first kappa shape index (κ1) is 27.2. The van der Waals surface area contributed by atoms with Crippen LogP contribution in [0.3, 0.4) is 0 Å². The van der Waals surface area contributed by atoms with Gasteiger partial charge in [-0.15, -0.1) is 0 Å². The predicted octanol–water partition coefficient (Wildman–Crippen LogP) is 9.99. The number of aryl methyl sites for hydroxylation is 1. The minimum atomic E-state index is -0.811. The molecule has 1 heterocycles. The Kier molecular flexibility index (Phi) is 9.62. The Morgan fingerprint density at radius 3 is 2.30 bits per heavy atom. The summed E-state index contributed by atoms with van der Waals surface area (Å²) in [5.41, 5.74) is 3.42. The number of allylic oxidation sites excluding steroid dienone is 2. The van der Waals surface area contributed by atoms with E-state index in [2.05, 4.69) is 19.1 Å². The third kappa shape index (κ3) is 6.73. The lowest BCUT2D eigenvalue weighted by atomic mass is 9.90. The summed E-state index contributed by atoms with van der Waals surface area (Å²) in [6.07, 6.45) is 11.5. The average molecular weight is 507 g/mol. The van der Waals surface area contributed by atoms with Crippen molar-refractivity contribution >= 4 is 0 Å². The number of rotatable bonds is 10. The molecule has 2 atom stereocenters. The molecular weight excluding hydrogens is 469 g/mol. The lowest BCUT2D eigenvalue weighted by Gasteiger charge is -2.29. The molecule has 1 saturated heterocycles. The van der Waals surface area contributed by atoms with E-state index >= 15 is 4.39 Å². The Labute approximate surface area is 219 Å². The monoisotopic (exact) mass is 506 g/mol. The molecule has 1 aliphatic rings. The first-order chi connectivity index (χ1) is 18.0. The maximum absolute atomic E-state index is 15.1. The Morgan fingerprint density at radius 2 is 1.62 bits per heavy atom. The van der Waals surface area contributed by atoms with Crippen molar-refractivity contribution in [1.29, 1.82) is 0 Å². The van der Waals surface area contributed by atoms with Crippen LogP contribution in [-0.4, -0.2) is 6.61 Å². The normalized spacial score (nSPS) is 18.0. The van der Waals surface area contributed by atoms with Crippen LogP contribution in [0.2, 0.25) is 0 Å². The Morgan fingerprint density at radius 1 is 0.865 bits per heavy atom. The molecule has 0 saturated carbocycles. The molecule has 0 radical (unpaired) electrons. The number of hydrogen-bond acceptors (Lipinski definition) is 1. The molecule has 4 rings (SSSR count). The fourth-order valence-corrected chi connectivity index (χ4v) is 5.16. The predicted molar refractivity (Wildman–Crippen MR) is 146 cm³/mol. The van der Waals surface area contributed by atoms with Crippen LogP contribution >= 0.6 is 0 Å². The third-order valence-corrected chi connectivity index (χ3v) is 7.44. The Balaban J connectivity index is 1.43. The lowest BCUT2D eigenvalue weighted by Crippen LogP contribution is -2.21. The van der Waals surface area contributed by atoms with Crippen LogP contribution in [-0.2, 0) is 11.2 Å². The highest BCUT2D eigenvalue weighted by Crippen LogP contribution is 2.35. The minimum Gasteiger partial charge on any atom is -0.373 e. The minimum absolute atomic E-state index is 0.211. The van der Waals surface area contributed by atoms with Gasteiger partial charge in [0.25, 0.3) is 0 Å². The van der Waals surface area contributed by atoms with Gasteiger partial charge in [-0.2, -0.15) is 0 Å². The van der Waals surface area contributed by atoms with Gasteiger partial charge in [0.15, 0.2) is 11.6 Å². The second kappa shape index (κ2) is 13.1. The van der Waals surface area contributed by atoms with Gasteiger partial charge in [-0.05, 0) is 79.7 Å². The molecular formula is C33H37F3O. The van der Waals surface area contributed by atoms with Crippen molar-refractivity contribution < 1.29 is 17.9 Å². The van der Waals surface area contributed by atoms with E-state index < -0.39 is 11.6 Å². The van der Waals surface area contributed by atoms with E-state index in [1.807, 2.05) is 31.2 Å². The smallest absolute Gasteiger partial charge is 0.166 e. The van der Waals surface area contributed by atoms with Crippen LogP contribution in [0.25, 0.3) is 22.3 Å². The molecule has 0 spiro atoms. The fourth-order valence-electron chi connectivity index (χ4n) is 5.16. The van der Waals surface area contributed by atoms with Gasteiger partial charge in [-0.1, -0.05) is 80.4 Å². The van der Waals surface area contributed by atoms with Gasteiger partial charge >= 0.3 is 0 Å². The van der Waals surface area contributed by atoms with Crippen molar-refractivity contribution in [3.63, 3.8) is 0 Å². The molecule has 1 fully saturated rings. The van der Waals surface area contributed by atoms with Gasteiger partial charge in [0.1, 0.15) is 5.82 Å². The number of halogens is 3. The number of hydrogen-bond donors (Lipinski definition) is 0. The highest BCUT2D eigenvalue weighted by atomic mass is 19.2. The van der Waals surface area contributed by atoms with E-state index in [-0.39, 0.29) is 17.5 Å². The molecule has 4 heteroatoms. The van der Waals surface area contributed by atoms with Gasteiger partial charge in [0, 0.05) is 11.1 Å². The zero-order chi connectivity index (χ0) is 26.2. The first-order valence-electron chi connectivity index (χ1n) is 13.6. The summed E-state index contributed by atoms with van der Waals surface area (Å²) >= 11 is 0. The molecule has 1 nitrogen and oxygen atoms in total. The summed E-state index contributed by atoms with van der Waals surface area (Å²) in [7, 11) is 0. The number of ether oxygens (including phenoxy) is 1. The van der Waals surface area contributed by atoms with Crippen LogP contribution in [0.5, 0.6) is 0 Å². The fraction of sp³-hybridized carbons (Fsp3) is 0.394. The molecule has 196 valence electrons. The molecule has 37 heavy (non-hydrogen) atoms. The van der Waals surface area contributed by atoms with E-state index in [0.717, 1.165) is 56.1 Å². The van der Waals surface area contributed by atoms with Crippen molar-refractivity contribution in [1.82, 2.24) is 0 Å². The molecule has 3 aromatic carbocycles. The van der Waals surface area contributed by atoms with Crippen molar-refractivity contribution in [2.45, 2.75) is 71.3 Å². The molecule has 0 N–H and O–H groups in total. The average Bonchev–Trinajstić information content (AvgIpc) is 2.92. The van der Waals surface area contributed by atoms with Crippen LogP contribution in [0.1, 0.15) is 76.0 Å². The zero-order valence-electron chi connectivity index (χ0n) is 21.9. The standard InChI is InChI=1S/C33H37F3O/c1-3-5-7-9-23-11-20-31(37-22-23)29-19-17-27(21-30(29)34)24-12-14-25(15-13-24)28-18-16-26(10-8-6-4-2)32(35)33(28)36/h3,5,12-19,21,23,31H,4,6-11,20,22H2,1-2H3/b5-3+. The molecule has 0 amide bonds. The maximum Gasteiger partial charge on any atom is 0.166 e. The number of benzene rings is 3. The Bertz CT molecular complexity index is 1190. The summed E-state index contributed by atoms with van der Waals surface area (Å²) in [6.45, 7) is 4.78. The van der Waals surface area contributed by atoms with Crippen LogP contribution in [0.15, 0.2) is 66.7 Å². The van der Waals surface area contributed by atoms with E-state index in [1.54, 1.807) is 24.3 Å². The van der Waals surface area contributed by atoms with Gasteiger partial charge in [0.05, 0.1) is 12.7 Å². The van der Waals surface area contributed by atoms with Crippen molar-refractivity contribution in [2.75, 3.05) is 6.61 Å². The SMILES string of the molecule is C/C=C/CCC1CCC(c2ccc(-c3ccc(-c4ccc(CCCCC)c(F)c4F)cc3)cc2F)OC1. The van der Waals surface area contributed by atoms with E-state index in [9.17, 15) is 8.78 Å². The number of unbranched alkanes of at least 4 members (excludes halogenated alkanes) is 2. The largest absolute Gasteiger partial charge is 0.373 e. The van der Waals surface area contributed by atoms with Crippen LogP contribution in [0.4, 0.5) is 13.2 Å². The van der Waals surface area contributed by atoms with E-state index in [4.69, 9.17) is 4.74 Å². The molecule has 0 aliphatic carbocycles. The second-order valence-corrected chi connectivity index (χ2v) is 10.1. The second-order valence-electron chi connectivity index (χ2n) is 10.1. The van der Waals surface area contributed by atoms with E-state index in [0.29, 0.717) is 35.6 Å². The molecule has 0 bridgehead atoms. The van der Waals surface area contributed by atoms with E-state index in [1.165, 1.54) is 6.07 Å². The van der Waals surface area contributed by atoms with Gasteiger partial charge in [0.2, 0.25) is 0 Å². The Hall–Kier alpha value is -2.85. The van der Waals surface area contributed by atoms with Crippen molar-refractivity contribution in [3.8, 4) is 22.3 Å². The first-order valence-corrected chi connectivity index (χ1v) is 13.6. The summed E-state index contributed by atoms with van der Waals surface area (Å²) in [6, 6.07) is 15.8. The summed E-state index contributed by atoms with van der Waals surface area (Å²) in [4.78, 5) is 0. The lowest BCUT2D eigenvalue weighted by molar-refractivity contribution is -0.0207. The molecule has 3 aromatic rings. The highest BCUT2D eigenvalue weighted by molar-refractivity contribution is 5.71. The maximum atomic E-state index is 15.1. The topological polar surface area (TPSA) is 9.23 Å². The van der Waals surface area contributed by atoms with Gasteiger partial charge < -0.3 is 4.74 Å². The molecule has 1 aliphatic heterocycles. The zero-order valence-corrected chi connectivity index (χ0v) is 21.9. The molecule has 2 unspecified atom stereocenters. The van der Waals surface area contributed by atoms with Crippen LogP contribution < -0.4 is 0 Å². The van der Waals surface area contributed by atoms with Crippen molar-refractivity contribution in [3.05, 3.63) is 95.3 Å². The van der Waals surface area contributed by atoms with Gasteiger partial charge in [-0.25, -0.2) is 13.2 Å². The summed E-state index contributed by atoms with van der Waals surface area (Å²) < 4.78 is 50.5.